The van der Waals surface area contributed by atoms with E-state index >= 15 is 0 Å². The molecule has 12 heteroatoms. The van der Waals surface area contributed by atoms with Gasteiger partial charge in [0, 0.05) is 16.3 Å². The fraction of sp³-hybridized carbons (Fsp3) is 0.115. The van der Waals surface area contributed by atoms with Crippen LogP contribution in [-0.4, -0.2) is 52.2 Å². The zero-order chi connectivity index (χ0) is 26.5. The van der Waals surface area contributed by atoms with Gasteiger partial charge in [-0.1, -0.05) is 53.2 Å². The largest absolute Gasteiger partial charge is 0.478 e. The second-order valence-corrected chi connectivity index (χ2v) is 8.94. The van der Waals surface area contributed by atoms with Crippen molar-refractivity contribution < 1.29 is 14.7 Å². The van der Waals surface area contributed by atoms with Crippen molar-refractivity contribution in [3.05, 3.63) is 101 Å². The number of aromatic carboxylic acids is 1. The van der Waals surface area contributed by atoms with Crippen LogP contribution in [0.15, 0.2) is 85.3 Å². The molecule has 1 unspecified atom stereocenters. The predicted octanol–water partition coefficient (Wildman–Crippen LogP) is 3.77. The van der Waals surface area contributed by atoms with Crippen LogP contribution in [0.25, 0.3) is 16.9 Å². The average Bonchev–Trinajstić information content (AvgIpc) is 3.62. The molecule has 5 rings (SSSR count). The van der Waals surface area contributed by atoms with Gasteiger partial charge in [0.1, 0.15) is 12.0 Å². The maximum Gasteiger partial charge on any atom is 0.335 e. The number of nitrogens with one attached hydrogen (secondary N) is 1. The van der Waals surface area contributed by atoms with Gasteiger partial charge in [0.15, 0.2) is 0 Å². The lowest BCUT2D eigenvalue weighted by Crippen LogP contribution is -2.29. The molecule has 11 nitrogen and oxygen atoms in total. The number of carboxylic acids is 1. The summed E-state index contributed by atoms with van der Waals surface area (Å²) in [6.07, 6.45) is 3.64. The van der Waals surface area contributed by atoms with Crippen molar-refractivity contribution in [2.75, 3.05) is 5.32 Å². The number of anilines is 1. The summed E-state index contributed by atoms with van der Waals surface area (Å²) >= 11 is 6.25. The maximum atomic E-state index is 13.4. The molecule has 0 spiro atoms. The molecule has 5 aromatic rings. The Kier molecular flexibility index (Phi) is 7.18. The van der Waals surface area contributed by atoms with Crippen LogP contribution in [0.2, 0.25) is 5.02 Å². The number of nitrogens with zero attached hydrogens (tertiary/aromatic N) is 7. The number of carbonyl (C=O) groups is 2. The number of aromatic nitrogens is 7. The van der Waals surface area contributed by atoms with Crippen molar-refractivity contribution in [2.24, 2.45) is 5.92 Å². The van der Waals surface area contributed by atoms with Crippen LogP contribution < -0.4 is 5.32 Å². The van der Waals surface area contributed by atoms with Gasteiger partial charge in [0.2, 0.25) is 5.91 Å². The van der Waals surface area contributed by atoms with E-state index in [0.29, 0.717) is 34.1 Å². The Bertz CT molecular complexity index is 1570. The standard InChI is InChI=1S/C26H21ClN8O3/c27-20-9-10-24(35-16-28-31-33-35)22(13-20)23-15-34(32-30-23)14-19(11-17-5-2-1-3-6-17)25(36)29-21-8-4-7-18(12-21)26(37)38/h1-10,12-13,15-16,19H,11,14H2,(H,29,36)(H,37,38). The average molecular weight is 529 g/mol. The normalized spacial score (nSPS) is 11.7. The van der Waals surface area contributed by atoms with Crippen molar-refractivity contribution in [3.63, 3.8) is 0 Å². The lowest BCUT2D eigenvalue weighted by atomic mass is 9.98. The molecule has 0 fully saturated rings. The van der Waals surface area contributed by atoms with Gasteiger partial charge >= 0.3 is 5.97 Å². The second kappa shape index (κ2) is 11.0. The van der Waals surface area contributed by atoms with E-state index in [1.54, 1.807) is 41.2 Å². The minimum absolute atomic E-state index is 0.0863. The van der Waals surface area contributed by atoms with Gasteiger partial charge in [-0.2, -0.15) is 4.68 Å². The predicted molar refractivity (Wildman–Crippen MR) is 139 cm³/mol. The molecule has 1 amide bonds. The molecule has 2 heterocycles. The molecule has 3 aromatic carbocycles. The van der Waals surface area contributed by atoms with Crippen LogP contribution >= 0.6 is 11.6 Å². The summed E-state index contributed by atoms with van der Waals surface area (Å²) in [5.41, 5.74) is 3.34. The Morgan fingerprint density at radius 2 is 1.84 bits per heavy atom. The third kappa shape index (κ3) is 5.73. The van der Waals surface area contributed by atoms with E-state index in [2.05, 4.69) is 31.2 Å². The van der Waals surface area contributed by atoms with Crippen LogP contribution in [0.1, 0.15) is 15.9 Å². The Labute approximate surface area is 221 Å². The van der Waals surface area contributed by atoms with Crippen LogP contribution in [0, 0.1) is 5.92 Å². The van der Waals surface area contributed by atoms with Gasteiger partial charge < -0.3 is 10.4 Å². The first-order chi connectivity index (χ1) is 18.5. The van der Waals surface area contributed by atoms with Crippen molar-refractivity contribution in [2.45, 2.75) is 13.0 Å². The van der Waals surface area contributed by atoms with E-state index in [0.717, 1.165) is 5.56 Å². The van der Waals surface area contributed by atoms with Crippen LogP contribution in [0.5, 0.6) is 0 Å². The monoisotopic (exact) mass is 528 g/mol. The zero-order valence-electron chi connectivity index (χ0n) is 19.8. The highest BCUT2D eigenvalue weighted by molar-refractivity contribution is 6.31. The summed E-state index contributed by atoms with van der Waals surface area (Å²) in [6, 6.07) is 21.0. The highest BCUT2D eigenvalue weighted by Gasteiger charge is 2.22. The van der Waals surface area contributed by atoms with Crippen LogP contribution in [0.4, 0.5) is 5.69 Å². The Morgan fingerprint density at radius 1 is 1.00 bits per heavy atom. The Hall–Kier alpha value is -4.90. The maximum absolute atomic E-state index is 13.4. The summed E-state index contributed by atoms with van der Waals surface area (Å²) in [7, 11) is 0. The summed E-state index contributed by atoms with van der Waals surface area (Å²) in [4.78, 5) is 24.7. The van der Waals surface area contributed by atoms with Crippen LogP contribution in [-0.2, 0) is 17.8 Å². The van der Waals surface area contributed by atoms with E-state index in [1.807, 2.05) is 30.3 Å². The van der Waals surface area contributed by atoms with E-state index in [9.17, 15) is 14.7 Å². The van der Waals surface area contributed by atoms with Crippen molar-refractivity contribution in [3.8, 4) is 16.9 Å². The minimum atomic E-state index is -1.07. The summed E-state index contributed by atoms with van der Waals surface area (Å²) in [5.74, 6) is -1.87. The van der Waals surface area contributed by atoms with Gasteiger partial charge in [-0.25, -0.2) is 4.79 Å². The molecular formula is C26H21ClN8O3. The molecule has 190 valence electrons. The molecule has 2 aromatic heterocycles. The lowest BCUT2D eigenvalue weighted by molar-refractivity contribution is -0.120. The lowest BCUT2D eigenvalue weighted by Gasteiger charge is -2.17. The number of hydrogen-bond donors (Lipinski definition) is 2. The summed E-state index contributed by atoms with van der Waals surface area (Å²) < 4.78 is 3.10. The molecule has 0 aliphatic rings. The van der Waals surface area contributed by atoms with E-state index in [-0.39, 0.29) is 18.0 Å². The first-order valence-electron chi connectivity index (χ1n) is 11.6. The third-order valence-corrected chi connectivity index (χ3v) is 6.08. The van der Waals surface area contributed by atoms with Gasteiger partial charge in [-0.3, -0.25) is 9.48 Å². The molecule has 0 radical (unpaired) electrons. The molecule has 0 aliphatic carbocycles. The Balaban J connectivity index is 1.41. The molecular weight excluding hydrogens is 508 g/mol. The first-order valence-corrected chi connectivity index (χ1v) is 12.0. The molecule has 0 saturated carbocycles. The van der Waals surface area contributed by atoms with Crippen molar-refractivity contribution >= 4 is 29.2 Å². The van der Waals surface area contributed by atoms with Gasteiger partial charge in [0.25, 0.3) is 0 Å². The highest BCUT2D eigenvalue weighted by atomic mass is 35.5. The number of amides is 1. The smallest absolute Gasteiger partial charge is 0.335 e. The Morgan fingerprint density at radius 3 is 2.61 bits per heavy atom. The first kappa shape index (κ1) is 24.8. The molecule has 0 bridgehead atoms. The number of hydrogen-bond acceptors (Lipinski definition) is 7. The number of tetrazole rings is 1. The van der Waals surface area contributed by atoms with Crippen LogP contribution in [0.3, 0.4) is 0 Å². The minimum Gasteiger partial charge on any atom is -0.478 e. The quantitative estimate of drug-likeness (QED) is 0.294. The highest BCUT2D eigenvalue weighted by Crippen LogP contribution is 2.28. The number of rotatable bonds is 9. The molecule has 38 heavy (non-hydrogen) atoms. The summed E-state index contributed by atoms with van der Waals surface area (Å²) in [6.45, 7) is 0.229. The zero-order valence-corrected chi connectivity index (χ0v) is 20.6. The number of halogens is 1. The van der Waals surface area contributed by atoms with Crippen molar-refractivity contribution in [1.82, 2.24) is 35.2 Å². The number of carboxylic acid groups (broad SMARTS) is 1. The van der Waals surface area contributed by atoms with Gasteiger partial charge in [0.05, 0.1) is 29.9 Å². The molecule has 0 saturated heterocycles. The van der Waals surface area contributed by atoms with Gasteiger partial charge in [-0.05, 0) is 58.8 Å². The summed E-state index contributed by atoms with van der Waals surface area (Å²) in [5, 5.41) is 32.5. The van der Waals surface area contributed by atoms with Gasteiger partial charge in [-0.15, -0.1) is 10.2 Å². The third-order valence-electron chi connectivity index (χ3n) is 5.85. The van der Waals surface area contributed by atoms with E-state index in [1.165, 1.54) is 23.1 Å². The fourth-order valence-electron chi connectivity index (χ4n) is 4.03. The fourth-order valence-corrected chi connectivity index (χ4v) is 4.21. The molecule has 2 N–H and O–H groups in total. The number of carbonyl (C=O) groups excluding carboxylic acids is 1. The molecule has 1 atom stereocenters. The topological polar surface area (TPSA) is 141 Å². The SMILES string of the molecule is O=C(O)c1cccc(NC(=O)C(Cc2ccccc2)Cn2cc(-c3cc(Cl)ccc3-n3cnnn3)nn2)c1. The number of benzene rings is 3. The van der Waals surface area contributed by atoms with E-state index in [4.69, 9.17) is 11.6 Å². The second-order valence-electron chi connectivity index (χ2n) is 8.50. The van der Waals surface area contributed by atoms with E-state index < -0.39 is 11.9 Å². The van der Waals surface area contributed by atoms with Crippen molar-refractivity contribution in [1.29, 1.82) is 0 Å². The molecule has 0 aliphatic heterocycles.